The maximum Gasteiger partial charge on any atom is 0.338 e. The van der Waals surface area contributed by atoms with E-state index in [1.807, 2.05) is 49.4 Å². The lowest BCUT2D eigenvalue weighted by Gasteiger charge is -2.25. The van der Waals surface area contributed by atoms with Crippen molar-refractivity contribution in [3.05, 3.63) is 99.6 Å². The van der Waals surface area contributed by atoms with E-state index in [1.54, 1.807) is 24.5 Å². The van der Waals surface area contributed by atoms with Crippen molar-refractivity contribution >= 4 is 50.9 Å². The summed E-state index contributed by atoms with van der Waals surface area (Å²) in [5.74, 6) is -0.504. The quantitative estimate of drug-likeness (QED) is 0.465. The van der Waals surface area contributed by atoms with Crippen LogP contribution in [0.1, 0.15) is 36.6 Å². The molecule has 1 aliphatic rings. The molecule has 0 saturated heterocycles. The summed E-state index contributed by atoms with van der Waals surface area (Å²) < 4.78 is 8.33. The van der Waals surface area contributed by atoms with Crippen LogP contribution in [0.25, 0.3) is 6.08 Å². The van der Waals surface area contributed by atoms with E-state index in [2.05, 4.69) is 20.9 Å². The van der Waals surface area contributed by atoms with E-state index < -0.39 is 12.0 Å². The second-order valence-electron chi connectivity index (χ2n) is 7.33. The molecule has 1 atom stereocenters. The molecule has 0 unspecified atom stereocenters. The summed E-state index contributed by atoms with van der Waals surface area (Å²) in [6, 6.07) is 12.4. The van der Waals surface area contributed by atoms with Crippen molar-refractivity contribution in [3.8, 4) is 0 Å². The number of nitrogens with zero attached hydrogens (tertiary/aromatic N) is 2. The molecule has 0 amide bonds. The Balaban J connectivity index is 1.98. The number of aromatic nitrogens is 1. The molecule has 4 rings (SSSR count). The third kappa shape index (κ3) is 4.12. The van der Waals surface area contributed by atoms with Gasteiger partial charge in [0.1, 0.15) is 6.04 Å². The van der Waals surface area contributed by atoms with Crippen molar-refractivity contribution in [1.29, 1.82) is 0 Å². The highest BCUT2D eigenvalue weighted by Crippen LogP contribution is 2.34. The standard InChI is InChI=1S/C24H20BrClN2O3S/c1-4-31-23(30)20-14(3)27-24-28(21(20)16-7-5-6-8-18(16)26)22(29)19(32-24)12-15-10-9-13(2)17(25)11-15/h5-12,21H,4H2,1-3H3/b19-12-/t21-/m1/s1. The summed E-state index contributed by atoms with van der Waals surface area (Å²) in [5, 5.41) is 0.464. The van der Waals surface area contributed by atoms with Gasteiger partial charge in [0, 0.05) is 9.50 Å². The van der Waals surface area contributed by atoms with Gasteiger partial charge in [-0.3, -0.25) is 9.36 Å². The van der Waals surface area contributed by atoms with Crippen LogP contribution in [0.5, 0.6) is 0 Å². The molecule has 8 heteroatoms. The highest BCUT2D eigenvalue weighted by atomic mass is 79.9. The molecule has 2 heterocycles. The Labute approximate surface area is 202 Å². The molecule has 0 fully saturated rings. The summed E-state index contributed by atoms with van der Waals surface area (Å²) in [6.45, 7) is 5.72. The summed E-state index contributed by atoms with van der Waals surface area (Å²) in [7, 11) is 0. The number of carbonyl (C=O) groups excluding carboxylic acids is 1. The number of hydrogen-bond donors (Lipinski definition) is 0. The molecule has 32 heavy (non-hydrogen) atoms. The molecule has 1 aromatic heterocycles. The Morgan fingerprint density at radius 3 is 2.72 bits per heavy atom. The molecule has 0 radical (unpaired) electrons. The number of aryl methyl sites for hydroxylation is 1. The van der Waals surface area contributed by atoms with Crippen LogP contribution in [-0.4, -0.2) is 17.1 Å². The Morgan fingerprint density at radius 1 is 1.28 bits per heavy atom. The summed E-state index contributed by atoms with van der Waals surface area (Å²) in [5.41, 5.74) is 3.25. The Hall–Kier alpha value is -2.48. The fourth-order valence-electron chi connectivity index (χ4n) is 3.63. The van der Waals surface area contributed by atoms with Crippen molar-refractivity contribution < 1.29 is 9.53 Å². The van der Waals surface area contributed by atoms with Gasteiger partial charge in [0.25, 0.3) is 5.56 Å². The number of carbonyl (C=O) groups is 1. The first-order valence-corrected chi connectivity index (χ1v) is 12.0. The average Bonchev–Trinajstić information content (AvgIpc) is 3.05. The van der Waals surface area contributed by atoms with Gasteiger partial charge in [-0.25, -0.2) is 9.79 Å². The molecular formula is C24H20BrClN2O3S. The molecule has 0 bridgehead atoms. The van der Waals surface area contributed by atoms with Gasteiger partial charge in [-0.15, -0.1) is 0 Å². The predicted molar refractivity (Wildman–Crippen MR) is 131 cm³/mol. The third-order valence-electron chi connectivity index (χ3n) is 5.21. The number of fused-ring (bicyclic) bond motifs is 1. The van der Waals surface area contributed by atoms with Crippen LogP contribution < -0.4 is 14.9 Å². The van der Waals surface area contributed by atoms with Crippen molar-refractivity contribution in [2.45, 2.75) is 26.8 Å². The first-order valence-electron chi connectivity index (χ1n) is 10.0. The van der Waals surface area contributed by atoms with E-state index in [9.17, 15) is 9.59 Å². The minimum atomic E-state index is -0.717. The van der Waals surface area contributed by atoms with Crippen LogP contribution in [0.4, 0.5) is 0 Å². The van der Waals surface area contributed by atoms with Gasteiger partial charge >= 0.3 is 5.97 Å². The topological polar surface area (TPSA) is 60.7 Å². The highest BCUT2D eigenvalue weighted by molar-refractivity contribution is 9.10. The van der Waals surface area contributed by atoms with E-state index in [0.29, 0.717) is 31.2 Å². The lowest BCUT2D eigenvalue weighted by molar-refractivity contribution is -0.139. The molecular weight excluding hydrogens is 512 g/mol. The van der Waals surface area contributed by atoms with E-state index in [4.69, 9.17) is 16.3 Å². The molecule has 0 N–H and O–H groups in total. The monoisotopic (exact) mass is 530 g/mol. The normalized spacial score (nSPS) is 16.0. The zero-order valence-corrected chi connectivity index (χ0v) is 20.8. The predicted octanol–water partition coefficient (Wildman–Crippen LogP) is 4.52. The fourth-order valence-corrected chi connectivity index (χ4v) is 5.32. The van der Waals surface area contributed by atoms with Gasteiger partial charge in [0.2, 0.25) is 0 Å². The Morgan fingerprint density at radius 2 is 2.03 bits per heavy atom. The maximum absolute atomic E-state index is 13.6. The molecule has 0 aliphatic carbocycles. The minimum absolute atomic E-state index is 0.220. The Bertz CT molecular complexity index is 1440. The van der Waals surface area contributed by atoms with Gasteiger partial charge in [0.05, 0.1) is 22.4 Å². The van der Waals surface area contributed by atoms with E-state index in [1.165, 1.54) is 11.3 Å². The first kappa shape index (κ1) is 22.7. The molecule has 5 nitrogen and oxygen atoms in total. The highest BCUT2D eigenvalue weighted by Gasteiger charge is 2.34. The van der Waals surface area contributed by atoms with E-state index in [0.717, 1.165) is 15.6 Å². The second-order valence-corrected chi connectivity index (χ2v) is 9.60. The first-order chi connectivity index (χ1) is 15.3. The number of hydrogen-bond acceptors (Lipinski definition) is 5. The second kappa shape index (κ2) is 9.17. The van der Waals surface area contributed by atoms with Gasteiger partial charge in [0.15, 0.2) is 4.80 Å². The van der Waals surface area contributed by atoms with Crippen LogP contribution in [0.15, 0.2) is 68.0 Å². The van der Waals surface area contributed by atoms with Crippen molar-refractivity contribution in [3.63, 3.8) is 0 Å². The molecule has 0 spiro atoms. The zero-order chi connectivity index (χ0) is 23.0. The number of allylic oxidation sites excluding steroid dienone is 1. The van der Waals surface area contributed by atoms with Gasteiger partial charge < -0.3 is 4.74 Å². The van der Waals surface area contributed by atoms with Gasteiger partial charge in [-0.2, -0.15) is 0 Å². The molecule has 2 aromatic carbocycles. The minimum Gasteiger partial charge on any atom is -0.463 e. The summed E-state index contributed by atoms with van der Waals surface area (Å²) in [4.78, 5) is 31.5. The molecule has 164 valence electrons. The van der Waals surface area contributed by atoms with E-state index in [-0.39, 0.29) is 12.2 Å². The number of thiazole rings is 1. The van der Waals surface area contributed by atoms with Crippen LogP contribution in [0.3, 0.4) is 0 Å². The SMILES string of the molecule is CCOC(=O)C1=C(C)N=c2s/c(=C\c3ccc(C)c(Br)c3)c(=O)n2[C@@H]1c1ccccc1Cl. The summed E-state index contributed by atoms with van der Waals surface area (Å²) in [6.07, 6.45) is 1.83. The lowest BCUT2D eigenvalue weighted by Crippen LogP contribution is -2.40. The molecule has 1 aliphatic heterocycles. The maximum atomic E-state index is 13.6. The number of benzene rings is 2. The van der Waals surface area contributed by atoms with Crippen molar-refractivity contribution in [1.82, 2.24) is 4.57 Å². The largest absolute Gasteiger partial charge is 0.463 e. The number of rotatable bonds is 4. The van der Waals surface area contributed by atoms with Gasteiger partial charge in [-0.1, -0.05) is 69.2 Å². The van der Waals surface area contributed by atoms with Crippen molar-refractivity contribution in [2.75, 3.05) is 6.61 Å². The average molecular weight is 532 g/mol. The molecule has 0 saturated carbocycles. The van der Waals surface area contributed by atoms with Gasteiger partial charge in [-0.05, 0) is 55.7 Å². The van der Waals surface area contributed by atoms with Crippen LogP contribution in [0.2, 0.25) is 5.02 Å². The molecule has 3 aromatic rings. The smallest absolute Gasteiger partial charge is 0.338 e. The number of esters is 1. The van der Waals surface area contributed by atoms with Crippen LogP contribution >= 0.6 is 38.9 Å². The zero-order valence-electron chi connectivity index (χ0n) is 17.7. The summed E-state index contributed by atoms with van der Waals surface area (Å²) >= 11 is 11.3. The van der Waals surface area contributed by atoms with Crippen LogP contribution in [-0.2, 0) is 9.53 Å². The number of ether oxygens (including phenoxy) is 1. The lowest BCUT2D eigenvalue weighted by atomic mass is 9.96. The fraction of sp³-hybridized carbons (Fsp3) is 0.208. The third-order valence-corrected chi connectivity index (χ3v) is 7.39. The number of halogens is 2. The van der Waals surface area contributed by atoms with Crippen LogP contribution in [0, 0.1) is 6.92 Å². The van der Waals surface area contributed by atoms with E-state index >= 15 is 0 Å². The van der Waals surface area contributed by atoms with Crippen molar-refractivity contribution in [2.24, 2.45) is 4.99 Å². The Kier molecular flexibility index (Phi) is 6.51.